The minimum atomic E-state index is -1.06. The third-order valence-corrected chi connectivity index (χ3v) is 5.74. The highest BCUT2D eigenvalue weighted by Gasteiger charge is 2.53. The Morgan fingerprint density at radius 1 is 0.806 bits per heavy atom. The van der Waals surface area contributed by atoms with Crippen LogP contribution in [0.15, 0.2) is 71.8 Å². The number of anilines is 2. The van der Waals surface area contributed by atoms with E-state index in [1.54, 1.807) is 0 Å². The highest BCUT2D eigenvalue weighted by molar-refractivity contribution is 5.98. The molecule has 0 atom stereocenters. The van der Waals surface area contributed by atoms with Crippen molar-refractivity contribution in [3.05, 3.63) is 83.0 Å². The van der Waals surface area contributed by atoms with Crippen LogP contribution >= 0.6 is 0 Å². The van der Waals surface area contributed by atoms with Crippen LogP contribution in [-0.4, -0.2) is 34.2 Å². The summed E-state index contributed by atoms with van der Waals surface area (Å²) in [6.45, 7) is 3.85. The number of ether oxygens (including phenoxy) is 2. The molecule has 0 aromatic heterocycles. The maximum absolute atomic E-state index is 13.1. The first-order valence-electron chi connectivity index (χ1n) is 10.4. The maximum Gasteiger partial charge on any atom is 0.340 e. The van der Waals surface area contributed by atoms with E-state index in [1.165, 1.54) is 0 Å². The second-order valence-electron chi connectivity index (χ2n) is 8.15. The van der Waals surface area contributed by atoms with Gasteiger partial charge >= 0.3 is 5.97 Å². The lowest BCUT2D eigenvalue weighted by Crippen LogP contribution is -2.34. The van der Waals surface area contributed by atoms with Gasteiger partial charge < -0.3 is 19.3 Å². The third kappa shape index (κ3) is 3.12. The fourth-order valence-corrected chi connectivity index (χ4v) is 4.24. The molecule has 5 nitrogen and oxygen atoms in total. The van der Waals surface area contributed by atoms with E-state index in [9.17, 15) is 4.79 Å². The fourth-order valence-electron chi connectivity index (χ4n) is 4.24. The quantitative estimate of drug-likeness (QED) is 0.643. The lowest BCUT2D eigenvalue weighted by molar-refractivity contribution is -0.144. The van der Waals surface area contributed by atoms with Crippen LogP contribution in [0.2, 0.25) is 0 Å². The Hall–Kier alpha value is -3.47. The topological polar surface area (TPSA) is 42.0 Å². The Balaban J connectivity index is 2.08. The van der Waals surface area contributed by atoms with Gasteiger partial charge in [0.2, 0.25) is 0 Å². The number of hydrogen-bond donors (Lipinski definition) is 0. The first kappa shape index (κ1) is 20.8. The standard InChI is InChI=1S/C26H28N2O3/c1-7-9-19-20(10-8-2)26(31-25(19)29)21-13-11-17(27(3)4)15-23(21)30-24-16-18(28(5)6)12-14-22(24)26/h7-16H,1-6H3/b9-7-,10-8-. The molecule has 0 unspecified atom stereocenters. The van der Waals surface area contributed by atoms with Crippen molar-refractivity contribution in [3.63, 3.8) is 0 Å². The smallest absolute Gasteiger partial charge is 0.340 e. The largest absolute Gasteiger partial charge is 0.456 e. The van der Waals surface area contributed by atoms with Crippen molar-refractivity contribution in [3.8, 4) is 11.5 Å². The fraction of sp³-hybridized carbons (Fsp3) is 0.269. The number of nitrogens with zero attached hydrogens (tertiary/aromatic N) is 2. The first-order valence-corrected chi connectivity index (χ1v) is 10.4. The molecule has 0 aliphatic carbocycles. The molecule has 2 aliphatic rings. The number of fused-ring (bicyclic) bond motifs is 4. The molecule has 2 aromatic rings. The van der Waals surface area contributed by atoms with Gasteiger partial charge in [-0.05, 0) is 38.1 Å². The molecule has 1 spiro atoms. The van der Waals surface area contributed by atoms with Crippen molar-refractivity contribution in [2.75, 3.05) is 38.0 Å². The molecule has 0 amide bonds. The van der Waals surface area contributed by atoms with Gasteiger partial charge in [0, 0.05) is 68.4 Å². The van der Waals surface area contributed by atoms with E-state index in [4.69, 9.17) is 9.47 Å². The Labute approximate surface area is 183 Å². The minimum absolute atomic E-state index is 0.335. The Kier molecular flexibility index (Phi) is 5.13. The zero-order valence-electron chi connectivity index (χ0n) is 18.9. The molecule has 0 bridgehead atoms. The molecule has 0 fully saturated rings. The van der Waals surface area contributed by atoms with Crippen molar-refractivity contribution >= 4 is 17.3 Å². The Morgan fingerprint density at radius 2 is 1.32 bits per heavy atom. The molecule has 0 saturated carbocycles. The van der Waals surface area contributed by atoms with Gasteiger partial charge in [0.25, 0.3) is 0 Å². The lowest BCUT2D eigenvalue weighted by Gasteiger charge is -2.38. The molecule has 2 aromatic carbocycles. The average Bonchev–Trinajstić information content (AvgIpc) is 3.00. The molecule has 5 heteroatoms. The van der Waals surface area contributed by atoms with Gasteiger partial charge in [0.05, 0.1) is 5.57 Å². The van der Waals surface area contributed by atoms with Gasteiger partial charge in [-0.1, -0.05) is 24.3 Å². The number of rotatable bonds is 4. The Bertz CT molecular complexity index is 1080. The second kappa shape index (κ2) is 7.65. The van der Waals surface area contributed by atoms with E-state index in [0.29, 0.717) is 17.1 Å². The van der Waals surface area contributed by atoms with Crippen LogP contribution < -0.4 is 14.5 Å². The number of allylic oxidation sites excluding steroid dienone is 2. The minimum Gasteiger partial charge on any atom is -0.456 e. The van der Waals surface area contributed by atoms with Crippen LogP contribution in [0.5, 0.6) is 11.5 Å². The van der Waals surface area contributed by atoms with Crippen LogP contribution in [0.4, 0.5) is 11.4 Å². The second-order valence-corrected chi connectivity index (χ2v) is 8.15. The summed E-state index contributed by atoms with van der Waals surface area (Å²) in [7, 11) is 7.96. The van der Waals surface area contributed by atoms with Gasteiger partial charge in [-0.25, -0.2) is 4.79 Å². The molecular formula is C26H28N2O3. The van der Waals surface area contributed by atoms with Gasteiger partial charge in [-0.3, -0.25) is 0 Å². The highest BCUT2D eigenvalue weighted by Crippen LogP contribution is 2.57. The molecule has 0 radical (unpaired) electrons. The number of hydrogen-bond acceptors (Lipinski definition) is 5. The maximum atomic E-state index is 13.1. The monoisotopic (exact) mass is 416 g/mol. The molecule has 0 N–H and O–H groups in total. The van der Waals surface area contributed by atoms with E-state index >= 15 is 0 Å². The average molecular weight is 417 g/mol. The molecule has 31 heavy (non-hydrogen) atoms. The summed E-state index contributed by atoms with van der Waals surface area (Å²) in [6, 6.07) is 12.1. The predicted octanol–water partition coefficient (Wildman–Crippen LogP) is 5.17. The highest BCUT2D eigenvalue weighted by atomic mass is 16.6. The van der Waals surface area contributed by atoms with Crippen LogP contribution in [-0.2, 0) is 15.1 Å². The van der Waals surface area contributed by atoms with Crippen LogP contribution in [0.25, 0.3) is 0 Å². The zero-order valence-corrected chi connectivity index (χ0v) is 18.9. The summed E-state index contributed by atoms with van der Waals surface area (Å²) in [5, 5.41) is 0. The van der Waals surface area contributed by atoms with E-state index in [-0.39, 0.29) is 5.97 Å². The van der Waals surface area contributed by atoms with Crippen molar-refractivity contribution in [2.45, 2.75) is 19.4 Å². The predicted molar refractivity (Wildman–Crippen MR) is 125 cm³/mol. The van der Waals surface area contributed by atoms with Gasteiger partial charge in [-0.2, -0.15) is 0 Å². The van der Waals surface area contributed by atoms with Crippen LogP contribution in [0, 0.1) is 0 Å². The van der Waals surface area contributed by atoms with E-state index in [1.807, 2.05) is 113 Å². The lowest BCUT2D eigenvalue weighted by atomic mass is 9.76. The first-order chi connectivity index (χ1) is 14.8. The summed E-state index contributed by atoms with van der Waals surface area (Å²) in [4.78, 5) is 17.1. The molecular weight excluding hydrogens is 388 g/mol. The number of carbonyl (C=O) groups excluding carboxylic acids is 1. The summed E-state index contributed by atoms with van der Waals surface area (Å²) in [6.07, 6.45) is 7.60. The third-order valence-electron chi connectivity index (χ3n) is 5.74. The summed E-state index contributed by atoms with van der Waals surface area (Å²) >= 11 is 0. The van der Waals surface area contributed by atoms with Gasteiger partial charge in [-0.15, -0.1) is 0 Å². The number of esters is 1. The molecule has 2 aliphatic heterocycles. The van der Waals surface area contributed by atoms with Crippen LogP contribution in [0.3, 0.4) is 0 Å². The molecule has 4 rings (SSSR count). The van der Waals surface area contributed by atoms with Gasteiger partial charge in [0.1, 0.15) is 11.5 Å². The zero-order chi connectivity index (χ0) is 22.3. The summed E-state index contributed by atoms with van der Waals surface area (Å²) < 4.78 is 12.6. The molecule has 160 valence electrons. The number of carbonyl (C=O) groups is 1. The molecule has 0 saturated heterocycles. The van der Waals surface area contributed by atoms with Crippen molar-refractivity contribution in [1.29, 1.82) is 0 Å². The van der Waals surface area contributed by atoms with Crippen molar-refractivity contribution in [1.82, 2.24) is 0 Å². The Morgan fingerprint density at radius 3 is 1.77 bits per heavy atom. The summed E-state index contributed by atoms with van der Waals surface area (Å²) in [5.74, 6) is 1.04. The van der Waals surface area contributed by atoms with Crippen LogP contribution in [0.1, 0.15) is 25.0 Å². The van der Waals surface area contributed by atoms with Crippen molar-refractivity contribution < 1.29 is 14.3 Å². The number of benzene rings is 2. The van der Waals surface area contributed by atoms with E-state index < -0.39 is 5.60 Å². The van der Waals surface area contributed by atoms with Crippen molar-refractivity contribution in [2.24, 2.45) is 0 Å². The summed E-state index contributed by atoms with van der Waals surface area (Å²) in [5.41, 5.74) is 3.99. The molecule has 2 heterocycles. The normalized spacial score (nSPS) is 16.5. The van der Waals surface area contributed by atoms with E-state index in [0.717, 1.165) is 28.1 Å². The SMILES string of the molecule is C/C=C\C1=C(/C=C\C)C2(OC1=O)c1ccc(N(C)C)cc1Oc1cc(N(C)C)ccc12. The van der Waals surface area contributed by atoms with E-state index in [2.05, 4.69) is 0 Å². The van der Waals surface area contributed by atoms with Gasteiger partial charge in [0.15, 0.2) is 5.60 Å².